The van der Waals surface area contributed by atoms with Gasteiger partial charge in [-0.2, -0.15) is 0 Å². The van der Waals surface area contributed by atoms with Crippen molar-refractivity contribution in [2.24, 2.45) is 0 Å². The first-order chi connectivity index (χ1) is 11.5. The highest BCUT2D eigenvalue weighted by Crippen LogP contribution is 2.13. The lowest BCUT2D eigenvalue weighted by molar-refractivity contribution is 0.0975. The van der Waals surface area contributed by atoms with Crippen molar-refractivity contribution in [1.29, 1.82) is 0 Å². The minimum Gasteiger partial charge on any atom is -0.494 e. The Morgan fingerprint density at radius 1 is 1.08 bits per heavy atom. The third-order valence-electron chi connectivity index (χ3n) is 3.18. The van der Waals surface area contributed by atoms with Crippen LogP contribution in [-0.2, 0) is 0 Å². The van der Waals surface area contributed by atoms with Crippen LogP contribution in [0, 0.1) is 0 Å². The number of carbonyl (C=O) groups excluding carboxylic acids is 2. The second-order valence-electron chi connectivity index (χ2n) is 5.00. The predicted octanol–water partition coefficient (Wildman–Crippen LogP) is 3.41. The summed E-state index contributed by atoms with van der Waals surface area (Å²) in [5, 5.41) is 5.65. The zero-order valence-electron chi connectivity index (χ0n) is 13.5. The molecule has 1 amide bonds. The number of amides is 1. The maximum Gasteiger partial charge on any atom is 0.257 e. The van der Waals surface area contributed by atoms with Crippen LogP contribution in [0.5, 0.6) is 5.75 Å². The van der Waals surface area contributed by atoms with Crippen LogP contribution in [0.2, 0.25) is 0 Å². The van der Waals surface area contributed by atoms with E-state index in [2.05, 4.69) is 10.6 Å². The van der Waals surface area contributed by atoms with Gasteiger partial charge in [-0.25, -0.2) is 0 Å². The molecule has 0 spiro atoms. The van der Waals surface area contributed by atoms with Gasteiger partial charge in [-0.3, -0.25) is 14.9 Å². The van der Waals surface area contributed by atoms with Gasteiger partial charge in [0.2, 0.25) is 0 Å². The second kappa shape index (κ2) is 8.21. The lowest BCUT2D eigenvalue weighted by Crippen LogP contribution is -2.34. The number of ketones is 1. The minimum atomic E-state index is -0.321. The molecule has 0 bridgehead atoms. The smallest absolute Gasteiger partial charge is 0.257 e. The maximum atomic E-state index is 12.2. The van der Waals surface area contributed by atoms with Crippen LogP contribution in [0.1, 0.15) is 34.6 Å². The lowest BCUT2D eigenvalue weighted by Gasteiger charge is -2.10. The van der Waals surface area contributed by atoms with E-state index in [9.17, 15) is 9.59 Å². The van der Waals surface area contributed by atoms with Crippen molar-refractivity contribution in [1.82, 2.24) is 5.32 Å². The SMILES string of the molecule is CCOc1ccc(C(=O)NC(=S)Nc2cccc(C(C)=O)c2)cc1. The first kappa shape index (κ1) is 17.6. The number of thiocarbonyl (C=S) groups is 1. The number of rotatable bonds is 5. The molecule has 0 saturated heterocycles. The Hall–Kier alpha value is -2.73. The minimum absolute atomic E-state index is 0.0389. The summed E-state index contributed by atoms with van der Waals surface area (Å²) in [7, 11) is 0. The molecule has 24 heavy (non-hydrogen) atoms. The molecule has 124 valence electrons. The Morgan fingerprint density at radius 3 is 2.42 bits per heavy atom. The van der Waals surface area contributed by atoms with E-state index in [0.717, 1.165) is 0 Å². The summed E-state index contributed by atoms with van der Waals surface area (Å²) in [4.78, 5) is 23.5. The van der Waals surface area contributed by atoms with E-state index in [1.165, 1.54) is 6.92 Å². The molecule has 0 aliphatic heterocycles. The fraction of sp³-hybridized carbons (Fsp3) is 0.167. The molecule has 2 aromatic carbocycles. The lowest BCUT2D eigenvalue weighted by atomic mass is 10.1. The van der Waals surface area contributed by atoms with Crippen molar-refractivity contribution in [2.45, 2.75) is 13.8 Å². The average Bonchev–Trinajstić information content (AvgIpc) is 2.55. The number of nitrogens with one attached hydrogen (secondary N) is 2. The van der Waals surface area contributed by atoms with Gasteiger partial charge in [0, 0.05) is 16.8 Å². The molecular formula is C18H18N2O3S. The molecule has 0 saturated carbocycles. The number of hydrogen-bond donors (Lipinski definition) is 2. The van der Waals surface area contributed by atoms with E-state index in [1.807, 2.05) is 6.92 Å². The monoisotopic (exact) mass is 342 g/mol. The summed E-state index contributed by atoms with van der Waals surface area (Å²) in [6.07, 6.45) is 0. The molecule has 0 aliphatic rings. The van der Waals surface area contributed by atoms with Crippen LogP contribution in [0.3, 0.4) is 0 Å². The van der Waals surface area contributed by atoms with Gasteiger partial charge in [0.15, 0.2) is 10.9 Å². The van der Waals surface area contributed by atoms with E-state index in [0.29, 0.717) is 29.2 Å². The number of ether oxygens (including phenoxy) is 1. The van der Waals surface area contributed by atoms with Gasteiger partial charge >= 0.3 is 0 Å². The fourth-order valence-electron chi connectivity index (χ4n) is 2.02. The van der Waals surface area contributed by atoms with Gasteiger partial charge in [-0.1, -0.05) is 12.1 Å². The van der Waals surface area contributed by atoms with E-state index < -0.39 is 0 Å². The van der Waals surface area contributed by atoms with Crippen LogP contribution >= 0.6 is 12.2 Å². The molecule has 0 radical (unpaired) electrons. The summed E-state index contributed by atoms with van der Waals surface area (Å²) < 4.78 is 5.33. The Morgan fingerprint density at radius 2 is 1.79 bits per heavy atom. The van der Waals surface area contributed by atoms with Crippen LogP contribution in [-0.4, -0.2) is 23.4 Å². The zero-order valence-corrected chi connectivity index (χ0v) is 14.3. The van der Waals surface area contributed by atoms with Crippen molar-refractivity contribution >= 4 is 34.7 Å². The molecule has 0 heterocycles. The molecule has 5 nitrogen and oxygen atoms in total. The summed E-state index contributed by atoms with van der Waals surface area (Å²) in [5.74, 6) is 0.345. The van der Waals surface area contributed by atoms with Gasteiger partial charge in [0.1, 0.15) is 5.75 Å². The van der Waals surface area contributed by atoms with Gasteiger partial charge in [-0.05, 0) is 62.5 Å². The third kappa shape index (κ3) is 4.89. The van der Waals surface area contributed by atoms with E-state index >= 15 is 0 Å². The normalized spacial score (nSPS) is 9.92. The van der Waals surface area contributed by atoms with Gasteiger partial charge in [0.05, 0.1) is 6.61 Å². The Labute approximate surface area is 146 Å². The van der Waals surface area contributed by atoms with Crippen LogP contribution < -0.4 is 15.4 Å². The number of hydrogen-bond acceptors (Lipinski definition) is 4. The standard InChI is InChI=1S/C18H18N2O3S/c1-3-23-16-9-7-13(8-10-16)17(22)20-18(24)19-15-6-4-5-14(11-15)12(2)21/h4-11H,3H2,1-2H3,(H2,19,20,22,24). The van der Waals surface area contributed by atoms with Crippen molar-refractivity contribution < 1.29 is 14.3 Å². The van der Waals surface area contributed by atoms with E-state index in [-0.39, 0.29) is 16.8 Å². The molecule has 6 heteroatoms. The Balaban J connectivity index is 1.97. The van der Waals surface area contributed by atoms with Crippen LogP contribution in [0.25, 0.3) is 0 Å². The fourth-order valence-corrected chi connectivity index (χ4v) is 2.23. The summed E-state index contributed by atoms with van der Waals surface area (Å²) >= 11 is 5.14. The quantitative estimate of drug-likeness (QED) is 0.644. The molecule has 2 rings (SSSR count). The van der Waals surface area contributed by atoms with Crippen molar-refractivity contribution in [3.8, 4) is 5.75 Å². The van der Waals surface area contributed by atoms with Gasteiger partial charge in [-0.15, -0.1) is 0 Å². The first-order valence-corrected chi connectivity index (χ1v) is 7.86. The van der Waals surface area contributed by atoms with Crippen LogP contribution in [0.15, 0.2) is 48.5 Å². The molecule has 0 fully saturated rings. The topological polar surface area (TPSA) is 67.4 Å². The molecule has 2 N–H and O–H groups in total. The molecular weight excluding hydrogens is 324 g/mol. The second-order valence-corrected chi connectivity index (χ2v) is 5.41. The number of Topliss-reactive ketones (excluding diaryl/α,β-unsaturated/α-hetero) is 1. The number of benzene rings is 2. The summed E-state index contributed by atoms with van der Waals surface area (Å²) in [6, 6.07) is 13.7. The van der Waals surface area contributed by atoms with E-state index in [1.54, 1.807) is 48.5 Å². The van der Waals surface area contributed by atoms with Crippen molar-refractivity contribution in [3.05, 3.63) is 59.7 Å². The highest BCUT2D eigenvalue weighted by atomic mass is 32.1. The molecule has 0 aromatic heterocycles. The van der Waals surface area contributed by atoms with E-state index in [4.69, 9.17) is 17.0 Å². The third-order valence-corrected chi connectivity index (χ3v) is 3.39. The number of carbonyl (C=O) groups is 2. The molecule has 0 aliphatic carbocycles. The number of anilines is 1. The predicted molar refractivity (Wildman–Crippen MR) is 97.7 cm³/mol. The summed E-state index contributed by atoms with van der Waals surface area (Å²) in [6.45, 7) is 3.95. The van der Waals surface area contributed by atoms with Crippen molar-refractivity contribution in [2.75, 3.05) is 11.9 Å². The molecule has 0 unspecified atom stereocenters. The largest absolute Gasteiger partial charge is 0.494 e. The summed E-state index contributed by atoms with van der Waals surface area (Å²) in [5.41, 5.74) is 1.68. The van der Waals surface area contributed by atoms with Crippen molar-refractivity contribution in [3.63, 3.8) is 0 Å². The molecule has 2 aromatic rings. The van der Waals surface area contributed by atoms with Crippen LogP contribution in [0.4, 0.5) is 5.69 Å². The molecule has 0 atom stereocenters. The highest BCUT2D eigenvalue weighted by molar-refractivity contribution is 7.80. The first-order valence-electron chi connectivity index (χ1n) is 7.46. The Bertz CT molecular complexity index is 757. The zero-order chi connectivity index (χ0) is 17.5. The maximum absolute atomic E-state index is 12.2. The average molecular weight is 342 g/mol. The Kier molecular flexibility index (Phi) is 6.03. The highest BCUT2D eigenvalue weighted by Gasteiger charge is 2.09. The van der Waals surface area contributed by atoms with Gasteiger partial charge < -0.3 is 10.1 Å². The van der Waals surface area contributed by atoms with Gasteiger partial charge in [0.25, 0.3) is 5.91 Å².